The molecule has 184 valence electrons. The van der Waals surface area contributed by atoms with E-state index < -0.39 is 17.0 Å². The van der Waals surface area contributed by atoms with Crippen molar-refractivity contribution in [1.29, 1.82) is 0 Å². The number of anilines is 1. The van der Waals surface area contributed by atoms with Crippen LogP contribution in [0.5, 0.6) is 0 Å². The summed E-state index contributed by atoms with van der Waals surface area (Å²) in [6.07, 6.45) is -0.0214. The summed E-state index contributed by atoms with van der Waals surface area (Å²) in [5, 5.41) is 2.37. The monoisotopic (exact) mass is 505 g/mol. The molecule has 1 heterocycles. The molecule has 1 aliphatic rings. The number of nitrogens with one attached hydrogen (secondary N) is 1. The van der Waals surface area contributed by atoms with Crippen LogP contribution in [0, 0.1) is 5.82 Å². The van der Waals surface area contributed by atoms with Gasteiger partial charge in [0.15, 0.2) is 5.17 Å². The van der Waals surface area contributed by atoms with Crippen molar-refractivity contribution in [3.8, 4) is 0 Å². The highest BCUT2D eigenvalue weighted by Gasteiger charge is 2.36. The van der Waals surface area contributed by atoms with Crippen molar-refractivity contribution < 1.29 is 23.5 Å². The van der Waals surface area contributed by atoms with Gasteiger partial charge in [0.05, 0.1) is 24.4 Å². The Labute approximate surface area is 212 Å². The predicted octanol–water partition coefficient (Wildman–Crippen LogP) is 5.16. The van der Waals surface area contributed by atoms with Crippen LogP contribution in [0.15, 0.2) is 83.9 Å². The molecule has 2 amide bonds. The van der Waals surface area contributed by atoms with Gasteiger partial charge in [-0.25, -0.2) is 14.2 Å². The van der Waals surface area contributed by atoms with Crippen LogP contribution in [0.4, 0.5) is 15.8 Å². The molecule has 1 aliphatic heterocycles. The summed E-state index contributed by atoms with van der Waals surface area (Å²) in [6, 6.07) is 21.5. The van der Waals surface area contributed by atoms with Crippen LogP contribution in [0.2, 0.25) is 0 Å². The van der Waals surface area contributed by atoms with Gasteiger partial charge in [-0.1, -0.05) is 48.2 Å². The van der Waals surface area contributed by atoms with Gasteiger partial charge in [0, 0.05) is 12.1 Å². The minimum atomic E-state index is -0.735. The average Bonchev–Trinajstić information content (AvgIpc) is 2.87. The van der Waals surface area contributed by atoms with Crippen LogP contribution in [0.25, 0.3) is 0 Å². The van der Waals surface area contributed by atoms with Crippen molar-refractivity contribution in [2.24, 2.45) is 4.99 Å². The van der Waals surface area contributed by atoms with Gasteiger partial charge in [0.25, 0.3) is 0 Å². The normalized spacial score (nSPS) is 16.6. The molecule has 0 unspecified atom stereocenters. The summed E-state index contributed by atoms with van der Waals surface area (Å²) in [5.74, 6) is -1.52. The van der Waals surface area contributed by atoms with Gasteiger partial charge in [0.1, 0.15) is 11.1 Å². The number of amides is 2. The number of thioether (sulfide) groups is 1. The molecule has 1 fully saturated rings. The largest absolute Gasteiger partial charge is 0.462 e. The second kappa shape index (κ2) is 11.6. The molecule has 0 aromatic heterocycles. The predicted molar refractivity (Wildman–Crippen MR) is 138 cm³/mol. The van der Waals surface area contributed by atoms with E-state index in [1.54, 1.807) is 37.3 Å². The number of aliphatic imine (C=N–C) groups is 1. The fourth-order valence-corrected chi connectivity index (χ4v) is 4.64. The molecule has 36 heavy (non-hydrogen) atoms. The van der Waals surface area contributed by atoms with Crippen molar-refractivity contribution in [3.63, 3.8) is 0 Å². The molecule has 0 spiro atoms. The summed E-state index contributed by atoms with van der Waals surface area (Å²) >= 11 is 1.15. The fourth-order valence-electron chi connectivity index (χ4n) is 3.55. The smallest absolute Gasteiger partial charge is 0.338 e. The molecule has 0 saturated carbocycles. The van der Waals surface area contributed by atoms with Crippen molar-refractivity contribution in [2.75, 3.05) is 11.9 Å². The Kier molecular flexibility index (Phi) is 8.12. The Morgan fingerprint density at radius 2 is 1.83 bits per heavy atom. The Balaban J connectivity index is 1.53. The number of carbonyl (C=O) groups excluding carboxylic acids is 3. The second-order valence-electron chi connectivity index (χ2n) is 7.94. The molecule has 0 radical (unpaired) electrons. The summed E-state index contributed by atoms with van der Waals surface area (Å²) in [4.78, 5) is 44.0. The van der Waals surface area contributed by atoms with Gasteiger partial charge in [-0.2, -0.15) is 0 Å². The maximum absolute atomic E-state index is 13.8. The number of halogens is 1. The van der Waals surface area contributed by atoms with Gasteiger partial charge in [-0.15, -0.1) is 0 Å². The number of esters is 1. The maximum atomic E-state index is 13.8. The van der Waals surface area contributed by atoms with Crippen molar-refractivity contribution in [2.45, 2.75) is 25.1 Å². The van der Waals surface area contributed by atoms with Crippen LogP contribution >= 0.6 is 11.8 Å². The highest BCUT2D eigenvalue weighted by molar-refractivity contribution is 8.15. The fraction of sp³-hybridized carbons (Fsp3) is 0.185. The van der Waals surface area contributed by atoms with E-state index in [9.17, 15) is 18.8 Å². The van der Waals surface area contributed by atoms with Gasteiger partial charge < -0.3 is 10.1 Å². The van der Waals surface area contributed by atoms with E-state index in [1.165, 1.54) is 23.1 Å². The number of carbonyl (C=O) groups is 3. The molecule has 4 rings (SSSR count). The van der Waals surface area contributed by atoms with Crippen molar-refractivity contribution in [3.05, 3.63) is 95.8 Å². The number of amidine groups is 1. The lowest BCUT2D eigenvalue weighted by Gasteiger charge is -2.32. The number of rotatable bonds is 7. The number of nitrogens with zero attached hydrogens (tertiary/aromatic N) is 2. The minimum Gasteiger partial charge on any atom is -0.462 e. The number of ether oxygens (including phenoxy) is 1. The molecule has 0 bridgehead atoms. The molecule has 7 nitrogen and oxygen atoms in total. The third kappa shape index (κ3) is 6.37. The lowest BCUT2D eigenvalue weighted by molar-refractivity contribution is -0.129. The zero-order valence-electron chi connectivity index (χ0n) is 19.5. The molecule has 3 aromatic carbocycles. The standard InChI is InChI=1S/C27H24FN3O4S/c1-2-35-26(34)19-11-13-21(14-12-19)29-25(33)23-16-24(32)31(17-18-7-4-3-5-8-18)27(36-23)30-22-10-6-9-20(28)15-22/h3-15,23H,2,16-17H2,1H3,(H,29,33)/t23-/m1/s1. The van der Waals surface area contributed by atoms with E-state index in [1.807, 2.05) is 30.3 Å². The van der Waals surface area contributed by atoms with E-state index in [0.29, 0.717) is 22.1 Å². The number of benzene rings is 3. The molecule has 1 saturated heterocycles. The first kappa shape index (κ1) is 25.1. The van der Waals surface area contributed by atoms with Gasteiger partial charge in [-0.3, -0.25) is 14.5 Å². The zero-order chi connectivity index (χ0) is 25.5. The topological polar surface area (TPSA) is 88.1 Å². The highest BCUT2D eigenvalue weighted by atomic mass is 32.2. The van der Waals surface area contributed by atoms with E-state index >= 15 is 0 Å². The molecule has 1 N–H and O–H groups in total. The van der Waals surface area contributed by atoms with Gasteiger partial charge >= 0.3 is 5.97 Å². The summed E-state index contributed by atoms with van der Waals surface area (Å²) in [7, 11) is 0. The van der Waals surface area contributed by atoms with Gasteiger partial charge in [0.2, 0.25) is 11.8 Å². The Hall–Kier alpha value is -3.98. The van der Waals surface area contributed by atoms with Gasteiger partial charge in [-0.05, 0) is 55.0 Å². The minimum absolute atomic E-state index is 0.0214. The molecule has 9 heteroatoms. The maximum Gasteiger partial charge on any atom is 0.338 e. The van der Waals surface area contributed by atoms with E-state index in [2.05, 4.69) is 10.3 Å². The quantitative estimate of drug-likeness (QED) is 0.448. The Bertz CT molecular complexity index is 1280. The molecular weight excluding hydrogens is 481 g/mol. The Morgan fingerprint density at radius 1 is 1.08 bits per heavy atom. The summed E-state index contributed by atoms with van der Waals surface area (Å²) < 4.78 is 18.7. The second-order valence-corrected chi connectivity index (χ2v) is 9.11. The zero-order valence-corrected chi connectivity index (χ0v) is 20.3. The average molecular weight is 506 g/mol. The molecule has 3 aromatic rings. The van der Waals surface area contributed by atoms with Crippen LogP contribution in [0.3, 0.4) is 0 Å². The Morgan fingerprint density at radius 3 is 2.53 bits per heavy atom. The molecular formula is C27H24FN3O4S. The SMILES string of the molecule is CCOC(=O)c1ccc(NC(=O)[C@H]2CC(=O)N(Cc3ccccc3)C(=Nc3cccc(F)c3)S2)cc1. The third-order valence-corrected chi connectivity index (χ3v) is 6.50. The lowest BCUT2D eigenvalue weighted by Crippen LogP contribution is -2.44. The first-order valence-electron chi connectivity index (χ1n) is 11.4. The van der Waals surface area contributed by atoms with Crippen LogP contribution in [-0.4, -0.2) is 39.7 Å². The van der Waals surface area contributed by atoms with E-state index in [4.69, 9.17) is 4.74 Å². The van der Waals surface area contributed by atoms with Crippen LogP contribution in [0.1, 0.15) is 29.3 Å². The highest BCUT2D eigenvalue weighted by Crippen LogP contribution is 2.31. The third-order valence-electron chi connectivity index (χ3n) is 5.31. The van der Waals surface area contributed by atoms with Crippen LogP contribution in [-0.2, 0) is 20.9 Å². The summed E-state index contributed by atoms with van der Waals surface area (Å²) in [6.45, 7) is 2.28. The molecule has 0 aliphatic carbocycles. The van der Waals surface area contributed by atoms with Crippen LogP contribution < -0.4 is 5.32 Å². The first-order valence-corrected chi connectivity index (χ1v) is 12.2. The number of hydrogen-bond acceptors (Lipinski definition) is 6. The number of hydrogen-bond donors (Lipinski definition) is 1. The molecule has 1 atom stereocenters. The van der Waals surface area contributed by atoms with E-state index in [0.717, 1.165) is 17.3 Å². The first-order chi connectivity index (χ1) is 17.4. The van der Waals surface area contributed by atoms with Crippen molar-refractivity contribution in [1.82, 2.24) is 4.90 Å². The van der Waals surface area contributed by atoms with E-state index in [-0.39, 0.29) is 31.4 Å². The summed E-state index contributed by atoms with van der Waals surface area (Å²) in [5.41, 5.74) is 2.11. The van der Waals surface area contributed by atoms with Crippen molar-refractivity contribution >= 4 is 46.1 Å². The lowest BCUT2D eigenvalue weighted by atomic mass is 10.2.